The van der Waals surface area contributed by atoms with Crippen LogP contribution in [0.4, 0.5) is 0 Å². The molecule has 0 radical (unpaired) electrons. The number of aldehydes is 1. The SMILES string of the molecule is C[C@@H](OC(=O)COc1ccc(C=O)cc1)C(=O)N(C)[C@@H]1CCS(=O)(=O)C1. The van der Waals surface area contributed by atoms with Crippen molar-refractivity contribution in [3.8, 4) is 5.75 Å². The topological polar surface area (TPSA) is 107 Å². The van der Waals surface area contributed by atoms with Gasteiger partial charge < -0.3 is 14.4 Å². The Morgan fingerprint density at radius 2 is 1.96 bits per heavy atom. The van der Waals surface area contributed by atoms with Crippen LogP contribution in [0.25, 0.3) is 0 Å². The first-order valence-electron chi connectivity index (χ1n) is 8.06. The first kappa shape index (κ1) is 19.9. The van der Waals surface area contributed by atoms with Gasteiger partial charge in [-0.1, -0.05) is 0 Å². The lowest BCUT2D eigenvalue weighted by Gasteiger charge is -2.26. The van der Waals surface area contributed by atoms with Gasteiger partial charge >= 0.3 is 5.97 Å². The molecule has 1 saturated heterocycles. The summed E-state index contributed by atoms with van der Waals surface area (Å²) in [5, 5.41) is 0. The zero-order valence-corrected chi connectivity index (χ0v) is 15.4. The Hall–Kier alpha value is -2.42. The number of esters is 1. The van der Waals surface area contributed by atoms with Crippen LogP contribution >= 0.6 is 0 Å². The number of ether oxygens (including phenoxy) is 2. The largest absolute Gasteiger partial charge is 0.482 e. The van der Waals surface area contributed by atoms with Crippen molar-refractivity contribution in [2.45, 2.75) is 25.5 Å². The highest BCUT2D eigenvalue weighted by atomic mass is 32.2. The van der Waals surface area contributed by atoms with Crippen molar-refractivity contribution in [2.75, 3.05) is 25.2 Å². The fourth-order valence-electron chi connectivity index (χ4n) is 2.61. The number of nitrogens with zero attached hydrogens (tertiary/aromatic N) is 1. The summed E-state index contributed by atoms with van der Waals surface area (Å²) in [6.07, 6.45) is 0.0274. The summed E-state index contributed by atoms with van der Waals surface area (Å²) in [4.78, 5) is 36.0. The molecule has 2 rings (SSSR count). The Morgan fingerprint density at radius 1 is 1.31 bits per heavy atom. The minimum atomic E-state index is -3.11. The van der Waals surface area contributed by atoms with Crippen molar-refractivity contribution in [1.29, 1.82) is 0 Å². The molecule has 0 spiro atoms. The molecule has 1 aliphatic rings. The lowest BCUT2D eigenvalue weighted by molar-refractivity contribution is -0.160. The van der Waals surface area contributed by atoms with E-state index in [0.717, 1.165) is 0 Å². The molecule has 142 valence electrons. The quantitative estimate of drug-likeness (QED) is 0.497. The van der Waals surface area contributed by atoms with Gasteiger partial charge in [0.05, 0.1) is 11.5 Å². The molecule has 0 aromatic heterocycles. The summed E-state index contributed by atoms with van der Waals surface area (Å²) in [5.41, 5.74) is 0.483. The zero-order valence-electron chi connectivity index (χ0n) is 14.6. The monoisotopic (exact) mass is 383 g/mol. The van der Waals surface area contributed by atoms with E-state index in [1.165, 1.54) is 18.9 Å². The highest BCUT2D eigenvalue weighted by Crippen LogP contribution is 2.18. The third kappa shape index (κ3) is 5.29. The molecule has 9 heteroatoms. The number of rotatable bonds is 7. The summed E-state index contributed by atoms with van der Waals surface area (Å²) in [6, 6.07) is 5.77. The lowest BCUT2D eigenvalue weighted by Crippen LogP contribution is -2.44. The van der Waals surface area contributed by atoms with Crippen molar-refractivity contribution in [2.24, 2.45) is 0 Å². The van der Waals surface area contributed by atoms with E-state index in [9.17, 15) is 22.8 Å². The zero-order chi connectivity index (χ0) is 19.3. The fourth-order valence-corrected chi connectivity index (χ4v) is 4.39. The molecule has 1 aromatic carbocycles. The molecule has 2 atom stereocenters. The van der Waals surface area contributed by atoms with Gasteiger partial charge in [0.2, 0.25) is 0 Å². The average molecular weight is 383 g/mol. The van der Waals surface area contributed by atoms with E-state index in [0.29, 0.717) is 24.0 Å². The van der Waals surface area contributed by atoms with Gasteiger partial charge in [0.15, 0.2) is 22.5 Å². The number of benzene rings is 1. The van der Waals surface area contributed by atoms with Crippen molar-refractivity contribution < 1.29 is 32.3 Å². The Labute approximate surface area is 152 Å². The first-order chi connectivity index (χ1) is 12.2. The maximum atomic E-state index is 12.3. The van der Waals surface area contributed by atoms with E-state index in [4.69, 9.17) is 9.47 Å². The van der Waals surface area contributed by atoms with E-state index in [-0.39, 0.29) is 18.1 Å². The molecule has 0 saturated carbocycles. The number of sulfone groups is 1. The predicted octanol–water partition coefficient (Wildman–Crippen LogP) is 0.455. The van der Waals surface area contributed by atoms with Gasteiger partial charge in [-0.05, 0) is 37.6 Å². The fraction of sp³-hybridized carbons (Fsp3) is 0.471. The van der Waals surface area contributed by atoms with E-state index in [1.807, 2.05) is 0 Å². The van der Waals surface area contributed by atoms with Crippen LogP contribution in [-0.4, -0.2) is 68.8 Å². The number of carbonyl (C=O) groups is 3. The number of hydrogen-bond acceptors (Lipinski definition) is 7. The van der Waals surface area contributed by atoms with Gasteiger partial charge in [-0.3, -0.25) is 9.59 Å². The molecular formula is C17H21NO7S. The Bertz CT molecular complexity index is 773. The molecule has 1 aromatic rings. The van der Waals surface area contributed by atoms with E-state index in [2.05, 4.69) is 0 Å². The van der Waals surface area contributed by atoms with Crippen molar-refractivity contribution in [1.82, 2.24) is 4.90 Å². The molecule has 26 heavy (non-hydrogen) atoms. The van der Waals surface area contributed by atoms with Crippen molar-refractivity contribution >= 4 is 28.0 Å². The maximum Gasteiger partial charge on any atom is 0.344 e. The van der Waals surface area contributed by atoms with Crippen LogP contribution in [0.2, 0.25) is 0 Å². The van der Waals surface area contributed by atoms with E-state index in [1.54, 1.807) is 24.3 Å². The molecular weight excluding hydrogens is 362 g/mol. The minimum Gasteiger partial charge on any atom is -0.482 e. The third-order valence-corrected chi connectivity index (χ3v) is 5.88. The second kappa shape index (κ2) is 8.31. The van der Waals surface area contributed by atoms with E-state index >= 15 is 0 Å². The smallest absolute Gasteiger partial charge is 0.344 e. The summed E-state index contributed by atoms with van der Waals surface area (Å²) in [5.74, 6) is -0.816. The number of likely N-dealkylation sites (N-methyl/N-ethyl adjacent to an activating group) is 1. The highest BCUT2D eigenvalue weighted by molar-refractivity contribution is 7.91. The van der Waals surface area contributed by atoms with Crippen molar-refractivity contribution in [3.05, 3.63) is 29.8 Å². The van der Waals surface area contributed by atoms with Crippen molar-refractivity contribution in [3.63, 3.8) is 0 Å². The maximum absolute atomic E-state index is 12.3. The normalized spacial score (nSPS) is 19.4. The summed E-state index contributed by atoms with van der Waals surface area (Å²) in [6.45, 7) is 1.04. The molecule has 1 amide bonds. The predicted molar refractivity (Wildman–Crippen MR) is 92.7 cm³/mol. The van der Waals surface area contributed by atoms with Crippen LogP contribution in [0.5, 0.6) is 5.75 Å². The van der Waals surface area contributed by atoms with Gasteiger partial charge in [-0.15, -0.1) is 0 Å². The van der Waals surface area contributed by atoms with Gasteiger partial charge in [-0.25, -0.2) is 13.2 Å². The summed E-state index contributed by atoms with van der Waals surface area (Å²) >= 11 is 0. The lowest BCUT2D eigenvalue weighted by atomic mass is 10.2. The third-order valence-electron chi connectivity index (χ3n) is 4.13. The van der Waals surface area contributed by atoms with Gasteiger partial charge in [0.1, 0.15) is 12.0 Å². The number of carbonyl (C=O) groups excluding carboxylic acids is 3. The number of amides is 1. The summed E-state index contributed by atoms with van der Waals surface area (Å²) in [7, 11) is -1.61. The molecule has 0 unspecified atom stereocenters. The second-order valence-corrected chi connectivity index (χ2v) is 8.34. The van der Waals surface area contributed by atoms with Crippen LogP contribution in [0.1, 0.15) is 23.7 Å². The Kier molecular flexibility index (Phi) is 6.36. The highest BCUT2D eigenvalue weighted by Gasteiger charge is 2.34. The average Bonchev–Trinajstić information content (AvgIpc) is 2.98. The van der Waals surface area contributed by atoms with Gasteiger partial charge in [0, 0.05) is 18.7 Å². The standard InChI is InChI=1S/C17H21NO7S/c1-12(17(21)18(2)14-7-8-26(22,23)11-14)25-16(20)10-24-15-5-3-13(9-19)4-6-15/h3-6,9,12,14H,7-8,10-11H2,1-2H3/t12-,14-/m1/s1. The second-order valence-electron chi connectivity index (χ2n) is 6.11. The van der Waals surface area contributed by atoms with Crippen LogP contribution in [0.3, 0.4) is 0 Å². The van der Waals surface area contributed by atoms with Crippen LogP contribution in [0.15, 0.2) is 24.3 Å². The van der Waals surface area contributed by atoms with Crippen LogP contribution in [0, 0.1) is 0 Å². The van der Waals surface area contributed by atoms with E-state index < -0.39 is 33.9 Å². The molecule has 1 aliphatic heterocycles. The van der Waals surface area contributed by atoms with Crippen LogP contribution < -0.4 is 4.74 Å². The molecule has 1 fully saturated rings. The molecule has 8 nitrogen and oxygen atoms in total. The van der Waals surface area contributed by atoms with Gasteiger partial charge in [-0.2, -0.15) is 0 Å². The summed E-state index contributed by atoms with van der Waals surface area (Å²) < 4.78 is 33.3. The van der Waals surface area contributed by atoms with Gasteiger partial charge in [0.25, 0.3) is 5.91 Å². The minimum absolute atomic E-state index is 0.0557. The molecule has 0 aliphatic carbocycles. The van der Waals surface area contributed by atoms with Crippen LogP contribution in [-0.2, 0) is 24.2 Å². The first-order valence-corrected chi connectivity index (χ1v) is 9.88. The Balaban J connectivity index is 1.81. The number of hydrogen-bond donors (Lipinski definition) is 0. The Morgan fingerprint density at radius 3 is 2.50 bits per heavy atom. The molecule has 1 heterocycles. The molecule has 0 bridgehead atoms. The molecule has 0 N–H and O–H groups in total.